The van der Waals surface area contributed by atoms with Crippen LogP contribution in [0.15, 0.2) is 53.1 Å². The van der Waals surface area contributed by atoms with Crippen molar-refractivity contribution in [1.82, 2.24) is 14.5 Å². The molecule has 0 aliphatic heterocycles. The lowest BCUT2D eigenvalue weighted by Gasteiger charge is -2.10. The van der Waals surface area contributed by atoms with Crippen LogP contribution in [0, 0.1) is 13.8 Å². The van der Waals surface area contributed by atoms with Crippen molar-refractivity contribution in [2.24, 2.45) is 0 Å². The number of hydrogen-bond acceptors (Lipinski definition) is 6. The maximum atomic E-state index is 12.9. The van der Waals surface area contributed by atoms with Crippen molar-refractivity contribution >= 4 is 39.1 Å². The second kappa shape index (κ2) is 7.77. The summed E-state index contributed by atoms with van der Waals surface area (Å²) in [5.74, 6) is 1.25. The number of aromatic nitrogens is 3. The molecule has 0 fully saturated rings. The fourth-order valence-corrected chi connectivity index (χ4v) is 4.93. The standard InChI is InChI=1S/C21H19N3O2S2/c1-13-10-18(14(2)24(13)15-4-6-16(26-3)7-5-15)19(25)11-28-21-17-8-9-27-20(17)22-12-23-21/h4-10,12H,11H2,1-3H3. The van der Waals surface area contributed by atoms with E-state index in [2.05, 4.69) is 14.5 Å². The summed E-state index contributed by atoms with van der Waals surface area (Å²) < 4.78 is 7.33. The molecule has 0 saturated carbocycles. The highest BCUT2D eigenvalue weighted by atomic mass is 32.2. The first kappa shape index (κ1) is 18.7. The van der Waals surface area contributed by atoms with E-state index in [1.54, 1.807) is 24.8 Å². The van der Waals surface area contributed by atoms with Crippen molar-refractivity contribution in [2.75, 3.05) is 12.9 Å². The Morgan fingerprint density at radius 3 is 2.71 bits per heavy atom. The van der Waals surface area contributed by atoms with Gasteiger partial charge in [-0.15, -0.1) is 11.3 Å². The van der Waals surface area contributed by atoms with Crippen molar-refractivity contribution in [2.45, 2.75) is 18.9 Å². The third-order valence-electron chi connectivity index (χ3n) is 4.63. The number of benzene rings is 1. The summed E-state index contributed by atoms with van der Waals surface area (Å²) in [5.41, 5.74) is 3.73. The Balaban J connectivity index is 1.57. The summed E-state index contributed by atoms with van der Waals surface area (Å²) >= 11 is 3.04. The molecule has 1 aromatic carbocycles. The Labute approximate surface area is 171 Å². The van der Waals surface area contributed by atoms with Crippen LogP contribution in [0.4, 0.5) is 0 Å². The first-order valence-corrected chi connectivity index (χ1v) is 10.6. The lowest BCUT2D eigenvalue weighted by atomic mass is 10.2. The van der Waals surface area contributed by atoms with Gasteiger partial charge in [0.1, 0.15) is 21.9 Å². The van der Waals surface area contributed by atoms with Gasteiger partial charge in [-0.3, -0.25) is 4.79 Å². The predicted molar refractivity (Wildman–Crippen MR) is 114 cm³/mol. The minimum absolute atomic E-state index is 0.0971. The SMILES string of the molecule is COc1ccc(-n2c(C)cc(C(=O)CSc3ncnc4sccc34)c2C)cc1. The number of ether oxygens (including phenoxy) is 1. The van der Waals surface area contributed by atoms with Crippen LogP contribution in [0.3, 0.4) is 0 Å². The van der Waals surface area contributed by atoms with Crippen LogP contribution in [-0.4, -0.2) is 33.2 Å². The van der Waals surface area contributed by atoms with Crippen LogP contribution in [-0.2, 0) is 0 Å². The summed E-state index contributed by atoms with van der Waals surface area (Å²) in [7, 11) is 1.65. The van der Waals surface area contributed by atoms with Crippen molar-refractivity contribution in [3.8, 4) is 11.4 Å². The number of carbonyl (C=O) groups is 1. The van der Waals surface area contributed by atoms with E-state index < -0.39 is 0 Å². The molecule has 4 aromatic rings. The molecule has 0 saturated heterocycles. The average molecular weight is 410 g/mol. The van der Waals surface area contributed by atoms with Crippen LogP contribution in [0.1, 0.15) is 21.7 Å². The fourth-order valence-electron chi connectivity index (χ4n) is 3.27. The predicted octanol–water partition coefficient (Wildman–Crippen LogP) is 5.08. The van der Waals surface area contributed by atoms with E-state index in [9.17, 15) is 4.79 Å². The van der Waals surface area contributed by atoms with Gasteiger partial charge in [0.05, 0.1) is 12.9 Å². The van der Waals surface area contributed by atoms with Crippen LogP contribution in [0.2, 0.25) is 0 Å². The Hall–Kier alpha value is -2.64. The Kier molecular flexibility index (Phi) is 5.19. The second-order valence-corrected chi connectivity index (χ2v) is 8.21. The van der Waals surface area contributed by atoms with Crippen molar-refractivity contribution in [3.05, 3.63) is 65.1 Å². The highest BCUT2D eigenvalue weighted by Gasteiger charge is 2.18. The molecule has 0 aliphatic rings. The molecule has 0 bridgehead atoms. The minimum Gasteiger partial charge on any atom is -0.497 e. The average Bonchev–Trinajstić information content (AvgIpc) is 3.31. The minimum atomic E-state index is 0.0971. The number of methoxy groups -OCH3 is 1. The van der Waals surface area contributed by atoms with Crippen LogP contribution < -0.4 is 4.74 Å². The molecule has 0 unspecified atom stereocenters. The normalized spacial score (nSPS) is 11.1. The number of Topliss-reactive ketones (excluding diaryl/α,β-unsaturated/α-hetero) is 1. The highest BCUT2D eigenvalue weighted by Crippen LogP contribution is 2.29. The van der Waals surface area contributed by atoms with Crippen LogP contribution in [0.5, 0.6) is 5.75 Å². The molecule has 5 nitrogen and oxygen atoms in total. The first-order chi connectivity index (χ1) is 13.6. The first-order valence-electron chi connectivity index (χ1n) is 8.76. The van der Waals surface area contributed by atoms with E-state index in [1.807, 2.05) is 55.6 Å². The number of nitrogens with zero attached hydrogens (tertiary/aromatic N) is 3. The van der Waals surface area contributed by atoms with E-state index in [4.69, 9.17) is 4.74 Å². The number of thioether (sulfide) groups is 1. The molecule has 0 radical (unpaired) electrons. The van der Waals surface area contributed by atoms with E-state index in [0.717, 1.165) is 43.6 Å². The van der Waals surface area contributed by atoms with E-state index in [1.165, 1.54) is 11.8 Å². The molecular weight excluding hydrogens is 390 g/mol. The van der Waals surface area contributed by atoms with E-state index in [0.29, 0.717) is 5.75 Å². The lowest BCUT2D eigenvalue weighted by Crippen LogP contribution is -2.06. The number of ketones is 1. The molecule has 3 heterocycles. The van der Waals surface area contributed by atoms with E-state index >= 15 is 0 Å². The van der Waals surface area contributed by atoms with Gasteiger partial charge in [-0.25, -0.2) is 9.97 Å². The molecule has 3 aromatic heterocycles. The smallest absolute Gasteiger partial charge is 0.174 e. The number of thiophene rings is 1. The lowest BCUT2D eigenvalue weighted by molar-refractivity contribution is 0.102. The summed E-state index contributed by atoms with van der Waals surface area (Å²) in [5, 5.41) is 3.85. The van der Waals surface area contributed by atoms with Gasteiger partial charge in [0, 0.05) is 28.0 Å². The van der Waals surface area contributed by atoms with Crippen molar-refractivity contribution < 1.29 is 9.53 Å². The maximum Gasteiger partial charge on any atom is 0.174 e. The summed E-state index contributed by atoms with van der Waals surface area (Å²) in [6, 6.07) is 11.8. The molecule has 0 N–H and O–H groups in total. The monoisotopic (exact) mass is 409 g/mol. The van der Waals surface area contributed by atoms with Gasteiger partial charge < -0.3 is 9.30 Å². The number of aryl methyl sites for hydroxylation is 1. The van der Waals surface area contributed by atoms with Gasteiger partial charge >= 0.3 is 0 Å². The zero-order valence-electron chi connectivity index (χ0n) is 15.8. The molecule has 0 amide bonds. The van der Waals surface area contributed by atoms with Gasteiger partial charge in [-0.05, 0) is 55.6 Å². The maximum absolute atomic E-state index is 12.9. The zero-order valence-corrected chi connectivity index (χ0v) is 17.4. The Morgan fingerprint density at radius 2 is 1.96 bits per heavy atom. The van der Waals surface area contributed by atoms with E-state index in [-0.39, 0.29) is 5.78 Å². The topological polar surface area (TPSA) is 57.0 Å². The van der Waals surface area contributed by atoms with Crippen molar-refractivity contribution in [3.63, 3.8) is 0 Å². The quantitative estimate of drug-likeness (QED) is 0.252. The summed E-state index contributed by atoms with van der Waals surface area (Å²) in [6.07, 6.45) is 1.56. The second-order valence-electron chi connectivity index (χ2n) is 6.35. The van der Waals surface area contributed by atoms with Crippen LogP contribution >= 0.6 is 23.1 Å². The van der Waals surface area contributed by atoms with Gasteiger partial charge in [-0.2, -0.15) is 0 Å². The third kappa shape index (κ3) is 3.43. The number of carbonyl (C=O) groups excluding carboxylic acids is 1. The van der Waals surface area contributed by atoms with Crippen molar-refractivity contribution in [1.29, 1.82) is 0 Å². The summed E-state index contributed by atoms with van der Waals surface area (Å²) in [4.78, 5) is 22.5. The molecule has 0 atom stereocenters. The molecule has 7 heteroatoms. The molecule has 0 spiro atoms. The molecule has 28 heavy (non-hydrogen) atoms. The third-order valence-corrected chi connectivity index (χ3v) is 6.45. The number of hydrogen-bond donors (Lipinski definition) is 0. The van der Waals surface area contributed by atoms with Crippen LogP contribution in [0.25, 0.3) is 15.9 Å². The Morgan fingerprint density at radius 1 is 1.18 bits per heavy atom. The molecule has 4 rings (SSSR count). The number of fused-ring (bicyclic) bond motifs is 1. The van der Waals surface area contributed by atoms with Gasteiger partial charge in [0.25, 0.3) is 0 Å². The molecule has 0 aliphatic carbocycles. The molecule has 142 valence electrons. The Bertz CT molecular complexity index is 1150. The number of rotatable bonds is 6. The largest absolute Gasteiger partial charge is 0.497 e. The highest BCUT2D eigenvalue weighted by molar-refractivity contribution is 8.00. The van der Waals surface area contributed by atoms with Gasteiger partial charge in [0.2, 0.25) is 0 Å². The fraction of sp³-hybridized carbons (Fsp3) is 0.190. The zero-order chi connectivity index (χ0) is 19.7. The molecular formula is C21H19N3O2S2. The van der Waals surface area contributed by atoms with Gasteiger partial charge in [0.15, 0.2) is 5.78 Å². The van der Waals surface area contributed by atoms with Gasteiger partial charge in [-0.1, -0.05) is 11.8 Å². The summed E-state index contributed by atoms with van der Waals surface area (Å²) in [6.45, 7) is 4.00.